The molecule has 1 aromatic carbocycles. The van der Waals surface area contributed by atoms with Gasteiger partial charge in [-0.2, -0.15) is 0 Å². The van der Waals surface area contributed by atoms with Crippen molar-refractivity contribution < 1.29 is 0 Å². The smallest absolute Gasteiger partial charge is 0.0650 e. The topological polar surface area (TPSA) is 4.93 Å². The number of aromatic nitrogens is 1. The molecule has 1 radical (unpaired) electrons. The summed E-state index contributed by atoms with van der Waals surface area (Å²) in [6, 6.07) is 9.24. The van der Waals surface area contributed by atoms with Crippen LogP contribution in [0.25, 0.3) is 11.3 Å². The minimum atomic E-state index is 0.686. The zero-order valence-corrected chi connectivity index (χ0v) is 9.10. The van der Waals surface area contributed by atoms with Crippen LogP contribution >= 0.6 is 23.2 Å². The zero-order chi connectivity index (χ0) is 10.1. The molecule has 2 rings (SSSR count). The molecule has 0 atom stereocenters. The Kier molecular flexibility index (Phi) is 2.53. The quantitative estimate of drug-likeness (QED) is 0.695. The van der Waals surface area contributed by atoms with Crippen LogP contribution in [0.15, 0.2) is 30.3 Å². The lowest BCUT2D eigenvalue weighted by molar-refractivity contribution is 0.928. The first-order chi connectivity index (χ1) is 6.68. The highest BCUT2D eigenvalue weighted by Gasteiger charge is 2.06. The van der Waals surface area contributed by atoms with Gasteiger partial charge in [0, 0.05) is 28.4 Å². The van der Waals surface area contributed by atoms with Crippen molar-refractivity contribution in [3.8, 4) is 11.3 Å². The van der Waals surface area contributed by atoms with Crippen molar-refractivity contribution in [1.82, 2.24) is 4.57 Å². The highest BCUT2D eigenvalue weighted by atomic mass is 35.5. The summed E-state index contributed by atoms with van der Waals surface area (Å²) in [5, 5.41) is 1.38. The summed E-state index contributed by atoms with van der Waals surface area (Å²) < 4.78 is 1.89. The van der Waals surface area contributed by atoms with E-state index in [-0.39, 0.29) is 0 Å². The Morgan fingerprint density at radius 3 is 2.64 bits per heavy atom. The molecule has 1 nitrogen and oxygen atoms in total. The van der Waals surface area contributed by atoms with Gasteiger partial charge in [-0.3, -0.25) is 0 Å². The van der Waals surface area contributed by atoms with Crippen molar-refractivity contribution in [3.05, 3.63) is 46.6 Å². The molecule has 1 aromatic heterocycles. The van der Waals surface area contributed by atoms with Gasteiger partial charge in [0.2, 0.25) is 0 Å². The number of aryl methyl sites for hydroxylation is 1. The van der Waals surface area contributed by atoms with Crippen LogP contribution < -0.4 is 0 Å². The predicted octanol–water partition coefficient (Wildman–Crippen LogP) is 3.80. The molecule has 0 aliphatic heterocycles. The molecule has 1 heterocycles. The van der Waals surface area contributed by atoms with E-state index < -0.39 is 0 Å². The Hall–Kier alpha value is -0.920. The van der Waals surface area contributed by atoms with E-state index in [0.29, 0.717) is 10.0 Å². The Labute approximate surface area is 92.9 Å². The first-order valence-electron chi connectivity index (χ1n) is 4.17. The molecule has 0 aliphatic rings. The third kappa shape index (κ3) is 1.66. The van der Waals surface area contributed by atoms with Crippen molar-refractivity contribution in [3.63, 3.8) is 0 Å². The van der Waals surface area contributed by atoms with Crippen molar-refractivity contribution in [2.75, 3.05) is 0 Å². The van der Waals surface area contributed by atoms with Gasteiger partial charge < -0.3 is 4.57 Å². The molecule has 0 N–H and O–H groups in total. The summed E-state index contributed by atoms with van der Waals surface area (Å²) >= 11 is 12.0. The molecule has 0 saturated heterocycles. The van der Waals surface area contributed by atoms with Crippen LogP contribution in [0.5, 0.6) is 0 Å². The SMILES string of the molecule is Cn1[c]ccc1-c1cc(Cl)ccc1Cl. The fraction of sp³-hybridized carbons (Fsp3) is 0.0909. The van der Waals surface area contributed by atoms with Gasteiger partial charge in [-0.1, -0.05) is 23.2 Å². The molecule has 0 amide bonds. The van der Waals surface area contributed by atoms with Crippen molar-refractivity contribution in [2.45, 2.75) is 0 Å². The van der Waals surface area contributed by atoms with Crippen LogP contribution in [0.3, 0.4) is 0 Å². The maximum Gasteiger partial charge on any atom is 0.0650 e. The maximum absolute atomic E-state index is 6.07. The van der Waals surface area contributed by atoms with Crippen molar-refractivity contribution in [2.24, 2.45) is 7.05 Å². The fourth-order valence-corrected chi connectivity index (χ4v) is 1.76. The standard InChI is InChI=1S/C11H8Cl2N/c1-14-6-2-3-11(14)9-7-8(12)4-5-10(9)13/h2-5,7H,1H3. The number of benzene rings is 1. The average molecular weight is 225 g/mol. The van der Waals surface area contributed by atoms with Gasteiger partial charge in [0.05, 0.1) is 6.20 Å². The number of rotatable bonds is 1. The van der Waals surface area contributed by atoms with E-state index in [4.69, 9.17) is 23.2 Å². The predicted molar refractivity (Wildman–Crippen MR) is 59.7 cm³/mol. The van der Waals surface area contributed by atoms with E-state index in [2.05, 4.69) is 6.20 Å². The van der Waals surface area contributed by atoms with E-state index in [1.807, 2.05) is 29.8 Å². The Morgan fingerprint density at radius 2 is 2.00 bits per heavy atom. The zero-order valence-electron chi connectivity index (χ0n) is 7.59. The van der Waals surface area contributed by atoms with Gasteiger partial charge in [0.25, 0.3) is 0 Å². The van der Waals surface area contributed by atoms with Gasteiger partial charge >= 0.3 is 0 Å². The molecule has 3 heteroatoms. The van der Waals surface area contributed by atoms with E-state index in [1.165, 1.54) is 0 Å². The van der Waals surface area contributed by atoms with Crippen LogP contribution in [0, 0.1) is 6.20 Å². The van der Waals surface area contributed by atoms with Gasteiger partial charge in [-0.25, -0.2) is 0 Å². The summed E-state index contributed by atoms with van der Waals surface area (Å²) in [6.45, 7) is 0. The number of halogens is 2. The molecule has 0 saturated carbocycles. The summed E-state index contributed by atoms with van der Waals surface area (Å²) in [4.78, 5) is 0. The Bertz CT molecular complexity index is 460. The molecular weight excluding hydrogens is 217 g/mol. The first kappa shape index (κ1) is 9.63. The van der Waals surface area contributed by atoms with Crippen LogP contribution in [-0.4, -0.2) is 4.57 Å². The van der Waals surface area contributed by atoms with E-state index in [1.54, 1.807) is 12.1 Å². The second-order valence-electron chi connectivity index (χ2n) is 3.03. The third-order valence-corrected chi connectivity index (χ3v) is 2.64. The molecule has 0 bridgehead atoms. The van der Waals surface area contributed by atoms with Crippen molar-refractivity contribution in [1.29, 1.82) is 0 Å². The molecule has 0 aliphatic carbocycles. The second-order valence-corrected chi connectivity index (χ2v) is 3.87. The summed E-state index contributed by atoms with van der Waals surface area (Å²) in [5.41, 5.74) is 1.94. The Balaban J connectivity index is 2.62. The number of hydrogen-bond donors (Lipinski definition) is 0. The third-order valence-electron chi connectivity index (χ3n) is 2.08. The molecule has 0 spiro atoms. The largest absolute Gasteiger partial charge is 0.342 e. The molecule has 0 unspecified atom stereocenters. The van der Waals surface area contributed by atoms with Crippen LogP contribution in [0.1, 0.15) is 0 Å². The average Bonchev–Trinajstić information content (AvgIpc) is 2.56. The second kappa shape index (κ2) is 3.68. The highest BCUT2D eigenvalue weighted by Crippen LogP contribution is 2.30. The molecule has 71 valence electrons. The number of nitrogens with zero attached hydrogens (tertiary/aromatic N) is 1. The lowest BCUT2D eigenvalue weighted by Crippen LogP contribution is -1.90. The maximum atomic E-state index is 6.07. The highest BCUT2D eigenvalue weighted by molar-refractivity contribution is 6.35. The lowest BCUT2D eigenvalue weighted by Gasteiger charge is -2.05. The van der Waals surface area contributed by atoms with Crippen LogP contribution in [0.2, 0.25) is 10.0 Å². The van der Waals surface area contributed by atoms with Gasteiger partial charge in [0.1, 0.15) is 0 Å². The monoisotopic (exact) mass is 224 g/mol. The lowest BCUT2D eigenvalue weighted by atomic mass is 10.1. The molecular formula is C11H8Cl2N. The normalized spacial score (nSPS) is 10.5. The summed E-state index contributed by atoms with van der Waals surface area (Å²) in [6.07, 6.45) is 3.03. The van der Waals surface area contributed by atoms with Gasteiger partial charge in [-0.15, -0.1) is 0 Å². The summed E-state index contributed by atoms with van der Waals surface area (Å²) in [5.74, 6) is 0. The first-order valence-corrected chi connectivity index (χ1v) is 4.93. The van der Waals surface area contributed by atoms with Gasteiger partial charge in [-0.05, 0) is 30.3 Å². The molecule has 2 aromatic rings. The minimum Gasteiger partial charge on any atom is -0.342 e. The van der Waals surface area contributed by atoms with E-state index in [0.717, 1.165) is 11.3 Å². The minimum absolute atomic E-state index is 0.686. The molecule has 14 heavy (non-hydrogen) atoms. The van der Waals surface area contributed by atoms with Gasteiger partial charge in [0.15, 0.2) is 0 Å². The van der Waals surface area contributed by atoms with E-state index >= 15 is 0 Å². The fourth-order valence-electron chi connectivity index (χ4n) is 1.37. The Morgan fingerprint density at radius 1 is 1.21 bits per heavy atom. The van der Waals surface area contributed by atoms with Crippen LogP contribution in [-0.2, 0) is 7.05 Å². The van der Waals surface area contributed by atoms with E-state index in [9.17, 15) is 0 Å². The number of hydrogen-bond acceptors (Lipinski definition) is 0. The summed E-state index contributed by atoms with van der Waals surface area (Å²) in [7, 11) is 1.92. The molecule has 0 fully saturated rings. The van der Waals surface area contributed by atoms with Crippen molar-refractivity contribution >= 4 is 23.2 Å². The van der Waals surface area contributed by atoms with Crippen LogP contribution in [0.4, 0.5) is 0 Å².